The molecular weight excluding hydrogens is 386 g/mol. The summed E-state index contributed by atoms with van der Waals surface area (Å²) in [5.41, 5.74) is 1.14. The first-order valence-corrected chi connectivity index (χ1v) is 12.7. The summed E-state index contributed by atoms with van der Waals surface area (Å²) in [6.45, 7) is 2.52. The van der Waals surface area contributed by atoms with Gasteiger partial charge in [0.1, 0.15) is 6.04 Å². The van der Waals surface area contributed by atoms with Gasteiger partial charge >= 0.3 is 5.97 Å². The fraction of sp³-hybridized carbons (Fsp3) is 0.696. The minimum Gasteiger partial charge on any atom is -0.480 e. The van der Waals surface area contributed by atoms with Crippen molar-refractivity contribution in [2.45, 2.75) is 101 Å². The molecule has 1 aromatic carbocycles. The Labute approximate surface area is 176 Å². The Morgan fingerprint density at radius 2 is 1.52 bits per heavy atom. The molecule has 0 radical (unpaired) electrons. The number of aliphatic carboxylic acids is 1. The van der Waals surface area contributed by atoms with Gasteiger partial charge in [-0.15, -0.1) is 0 Å². The number of unbranched alkanes of at least 4 members (excludes halogenated alkanes) is 9. The van der Waals surface area contributed by atoms with Crippen molar-refractivity contribution >= 4 is 16.0 Å². The van der Waals surface area contributed by atoms with E-state index >= 15 is 0 Å². The molecule has 1 unspecified atom stereocenters. The zero-order chi connectivity index (χ0) is 21.1. The predicted molar refractivity (Wildman–Crippen MR) is 117 cm³/mol. The Balaban J connectivity index is 1.71. The van der Waals surface area contributed by atoms with E-state index in [0.29, 0.717) is 12.8 Å². The molecule has 2 rings (SSSR count). The molecule has 0 bridgehead atoms. The molecule has 1 N–H and O–H groups in total. The van der Waals surface area contributed by atoms with Gasteiger partial charge in [-0.1, -0.05) is 76.8 Å². The SMILES string of the molecule is CCCCCCCCCCCCc1ccc(S(=O)(=O)N2CCCC2C(=O)O)cc1. The van der Waals surface area contributed by atoms with E-state index in [2.05, 4.69) is 6.92 Å². The van der Waals surface area contributed by atoms with Gasteiger partial charge < -0.3 is 5.11 Å². The van der Waals surface area contributed by atoms with Crippen LogP contribution < -0.4 is 0 Å². The smallest absolute Gasteiger partial charge is 0.322 e. The number of rotatable bonds is 14. The van der Waals surface area contributed by atoms with Gasteiger partial charge in [0, 0.05) is 6.54 Å². The van der Waals surface area contributed by atoms with Crippen LogP contribution >= 0.6 is 0 Å². The molecule has 0 amide bonds. The molecule has 6 heteroatoms. The van der Waals surface area contributed by atoms with Crippen molar-refractivity contribution in [2.24, 2.45) is 0 Å². The average Bonchev–Trinajstić information content (AvgIpc) is 3.21. The van der Waals surface area contributed by atoms with Crippen LogP contribution in [0, 0.1) is 0 Å². The van der Waals surface area contributed by atoms with Crippen molar-refractivity contribution in [1.82, 2.24) is 4.31 Å². The first kappa shape index (κ1) is 23.9. The lowest BCUT2D eigenvalue weighted by Gasteiger charge is -2.21. The number of carboxylic acids is 1. The van der Waals surface area contributed by atoms with Crippen LogP contribution in [0.25, 0.3) is 0 Å². The highest BCUT2D eigenvalue weighted by atomic mass is 32.2. The number of benzene rings is 1. The second kappa shape index (κ2) is 12.3. The zero-order valence-corrected chi connectivity index (χ0v) is 18.6. The van der Waals surface area contributed by atoms with Gasteiger partial charge in [0.2, 0.25) is 10.0 Å². The first-order valence-electron chi connectivity index (χ1n) is 11.3. The molecule has 5 nitrogen and oxygen atoms in total. The summed E-state index contributed by atoms with van der Waals surface area (Å²) in [6, 6.07) is 6.04. The van der Waals surface area contributed by atoms with Crippen LogP contribution in [0.15, 0.2) is 29.2 Å². The van der Waals surface area contributed by atoms with Crippen LogP contribution in [0.3, 0.4) is 0 Å². The van der Waals surface area contributed by atoms with Gasteiger partial charge in [0.25, 0.3) is 0 Å². The Bertz CT molecular complexity index is 715. The highest BCUT2D eigenvalue weighted by Gasteiger charge is 2.39. The minimum absolute atomic E-state index is 0.192. The number of carboxylic acid groups (broad SMARTS) is 1. The second-order valence-electron chi connectivity index (χ2n) is 8.19. The Morgan fingerprint density at radius 3 is 2.07 bits per heavy atom. The third-order valence-electron chi connectivity index (χ3n) is 5.84. The van der Waals surface area contributed by atoms with E-state index < -0.39 is 22.0 Å². The van der Waals surface area contributed by atoms with Crippen LogP contribution in [0.1, 0.15) is 89.5 Å². The van der Waals surface area contributed by atoms with Crippen LogP contribution in [0.4, 0.5) is 0 Å². The van der Waals surface area contributed by atoms with Crippen molar-refractivity contribution in [3.8, 4) is 0 Å². The molecule has 1 aliphatic rings. The van der Waals surface area contributed by atoms with Crippen molar-refractivity contribution in [2.75, 3.05) is 6.54 Å². The molecule has 0 spiro atoms. The number of hydrogen-bond acceptors (Lipinski definition) is 3. The van der Waals surface area contributed by atoms with Crippen molar-refractivity contribution in [3.63, 3.8) is 0 Å². The van der Waals surface area contributed by atoms with Gasteiger partial charge in [-0.3, -0.25) is 4.79 Å². The van der Waals surface area contributed by atoms with E-state index in [4.69, 9.17) is 0 Å². The standard InChI is InChI=1S/C23H37NO4S/c1-2-3-4-5-6-7-8-9-10-11-13-20-15-17-21(18-16-20)29(27,28)24-19-12-14-22(24)23(25)26/h15-18,22H,2-14,19H2,1H3,(H,25,26). The number of carbonyl (C=O) groups is 1. The fourth-order valence-corrected chi connectivity index (χ4v) is 5.71. The monoisotopic (exact) mass is 423 g/mol. The second-order valence-corrected chi connectivity index (χ2v) is 10.1. The lowest BCUT2D eigenvalue weighted by atomic mass is 10.0. The molecule has 164 valence electrons. The summed E-state index contributed by atoms with van der Waals surface area (Å²) in [5.74, 6) is -1.07. The maximum absolute atomic E-state index is 12.8. The maximum atomic E-state index is 12.8. The van der Waals surface area contributed by atoms with Gasteiger partial charge in [-0.25, -0.2) is 8.42 Å². The summed E-state index contributed by atoms with van der Waals surface area (Å²) >= 11 is 0. The number of sulfonamides is 1. The summed E-state index contributed by atoms with van der Waals surface area (Å²) in [7, 11) is -3.74. The summed E-state index contributed by atoms with van der Waals surface area (Å²) in [4.78, 5) is 11.5. The topological polar surface area (TPSA) is 74.7 Å². The van der Waals surface area contributed by atoms with Crippen LogP contribution in [-0.4, -0.2) is 36.4 Å². The quantitative estimate of drug-likeness (QED) is 0.407. The molecule has 1 aliphatic heterocycles. The third kappa shape index (κ3) is 7.41. The van der Waals surface area contributed by atoms with Crippen LogP contribution in [0.2, 0.25) is 0 Å². The maximum Gasteiger partial charge on any atom is 0.322 e. The van der Waals surface area contributed by atoms with E-state index in [1.165, 1.54) is 57.8 Å². The first-order chi connectivity index (χ1) is 14.0. The Morgan fingerprint density at radius 1 is 0.966 bits per heavy atom. The molecule has 1 aromatic rings. The van der Waals surface area contributed by atoms with Gasteiger partial charge in [-0.2, -0.15) is 4.31 Å². The normalized spacial score (nSPS) is 17.6. The van der Waals surface area contributed by atoms with E-state index in [1.54, 1.807) is 12.1 Å². The Hall–Kier alpha value is -1.40. The van der Waals surface area contributed by atoms with Crippen LogP contribution in [-0.2, 0) is 21.2 Å². The van der Waals surface area contributed by atoms with Gasteiger partial charge in [0.05, 0.1) is 4.90 Å². The number of hydrogen-bond donors (Lipinski definition) is 1. The minimum atomic E-state index is -3.74. The summed E-state index contributed by atoms with van der Waals surface area (Å²) in [6.07, 6.45) is 14.9. The van der Waals surface area contributed by atoms with E-state index in [-0.39, 0.29) is 11.4 Å². The predicted octanol–water partition coefficient (Wildman–Crippen LogP) is 5.39. The lowest BCUT2D eigenvalue weighted by Crippen LogP contribution is -2.40. The summed E-state index contributed by atoms with van der Waals surface area (Å²) < 4.78 is 26.7. The van der Waals surface area contributed by atoms with E-state index in [1.807, 2.05) is 12.1 Å². The highest BCUT2D eigenvalue weighted by Crippen LogP contribution is 2.26. The molecule has 1 fully saturated rings. The average molecular weight is 424 g/mol. The molecule has 0 aliphatic carbocycles. The van der Waals surface area contributed by atoms with E-state index in [9.17, 15) is 18.3 Å². The van der Waals surface area contributed by atoms with E-state index in [0.717, 1.165) is 22.7 Å². The molecular formula is C23H37NO4S. The fourth-order valence-electron chi connectivity index (χ4n) is 4.05. The third-order valence-corrected chi connectivity index (χ3v) is 7.76. The molecule has 1 atom stereocenters. The molecule has 1 heterocycles. The van der Waals surface area contributed by atoms with Crippen molar-refractivity contribution in [1.29, 1.82) is 0 Å². The van der Waals surface area contributed by atoms with Crippen LogP contribution in [0.5, 0.6) is 0 Å². The molecule has 29 heavy (non-hydrogen) atoms. The van der Waals surface area contributed by atoms with Gasteiger partial charge in [0.15, 0.2) is 0 Å². The lowest BCUT2D eigenvalue weighted by molar-refractivity contribution is -0.140. The highest BCUT2D eigenvalue weighted by molar-refractivity contribution is 7.89. The largest absolute Gasteiger partial charge is 0.480 e. The Kier molecular flexibility index (Phi) is 10.2. The molecule has 1 saturated heterocycles. The molecule has 0 saturated carbocycles. The van der Waals surface area contributed by atoms with Gasteiger partial charge in [-0.05, 0) is 43.4 Å². The van der Waals surface area contributed by atoms with Crippen molar-refractivity contribution in [3.05, 3.63) is 29.8 Å². The number of nitrogens with zero attached hydrogens (tertiary/aromatic N) is 1. The van der Waals surface area contributed by atoms with Crippen molar-refractivity contribution < 1.29 is 18.3 Å². The summed E-state index contributed by atoms with van der Waals surface area (Å²) in [5, 5.41) is 9.25. The number of aryl methyl sites for hydroxylation is 1. The zero-order valence-electron chi connectivity index (χ0n) is 17.8. The molecule has 0 aromatic heterocycles.